The molecular formula is C24H23N2O8-. The van der Waals surface area contributed by atoms with Gasteiger partial charge in [0.25, 0.3) is 11.8 Å². The van der Waals surface area contributed by atoms with Crippen molar-refractivity contribution in [2.24, 2.45) is 0 Å². The van der Waals surface area contributed by atoms with E-state index in [1.54, 1.807) is 19.1 Å². The highest BCUT2D eigenvalue weighted by Crippen LogP contribution is 2.31. The van der Waals surface area contributed by atoms with Crippen LogP contribution in [-0.2, 0) is 14.4 Å². The molecule has 0 radical (unpaired) electrons. The van der Waals surface area contributed by atoms with Gasteiger partial charge in [0.1, 0.15) is 17.4 Å². The number of ether oxygens (including phenoxy) is 3. The lowest BCUT2D eigenvalue weighted by atomic mass is 10.1. The van der Waals surface area contributed by atoms with Gasteiger partial charge in [0.2, 0.25) is 0 Å². The fourth-order valence-electron chi connectivity index (χ4n) is 3.14. The Labute approximate surface area is 195 Å². The highest BCUT2D eigenvalue weighted by molar-refractivity contribution is 6.39. The second kappa shape index (κ2) is 10.5. The number of hydrogen-bond donors (Lipinski definition) is 1. The van der Waals surface area contributed by atoms with Gasteiger partial charge >= 0.3 is 6.03 Å². The Morgan fingerprint density at radius 1 is 1.03 bits per heavy atom. The fourth-order valence-corrected chi connectivity index (χ4v) is 3.14. The summed E-state index contributed by atoms with van der Waals surface area (Å²) in [5, 5.41) is 13.2. The molecule has 4 amide bonds. The predicted molar refractivity (Wildman–Crippen MR) is 119 cm³/mol. The summed E-state index contributed by atoms with van der Waals surface area (Å²) in [4.78, 5) is 49.8. The van der Waals surface area contributed by atoms with E-state index >= 15 is 0 Å². The molecule has 0 aliphatic carbocycles. The molecule has 10 nitrogen and oxygen atoms in total. The zero-order valence-electron chi connectivity index (χ0n) is 18.8. The summed E-state index contributed by atoms with van der Waals surface area (Å²) in [6.07, 6.45) is 0.0861. The number of urea groups is 1. The number of amides is 4. The van der Waals surface area contributed by atoms with Gasteiger partial charge < -0.3 is 24.1 Å². The Morgan fingerprint density at radius 2 is 1.71 bits per heavy atom. The monoisotopic (exact) mass is 467 g/mol. The van der Waals surface area contributed by atoms with Gasteiger partial charge in [0.15, 0.2) is 11.5 Å². The van der Waals surface area contributed by atoms with Crippen LogP contribution in [0.4, 0.5) is 10.5 Å². The van der Waals surface area contributed by atoms with Gasteiger partial charge in [-0.15, -0.1) is 0 Å². The topological polar surface area (TPSA) is 134 Å². The SMILES string of the molecule is CCOc1ccc(N2C(=O)NC(=O)/C(=C/c3ccc(O[C@H](C)C(=O)[O-])c(OCC)c3)C2=O)cc1. The third kappa shape index (κ3) is 5.34. The van der Waals surface area contributed by atoms with E-state index < -0.39 is 29.9 Å². The summed E-state index contributed by atoms with van der Waals surface area (Å²) < 4.78 is 16.2. The first-order valence-electron chi connectivity index (χ1n) is 10.5. The summed E-state index contributed by atoms with van der Waals surface area (Å²) in [7, 11) is 0. The molecule has 1 N–H and O–H groups in total. The molecule has 1 aliphatic heterocycles. The molecule has 1 aliphatic rings. The number of rotatable bonds is 9. The van der Waals surface area contributed by atoms with Crippen LogP contribution >= 0.6 is 0 Å². The van der Waals surface area contributed by atoms with E-state index in [2.05, 4.69) is 5.32 Å². The summed E-state index contributed by atoms with van der Waals surface area (Å²) in [5.74, 6) is -2.10. The lowest BCUT2D eigenvalue weighted by Gasteiger charge is -2.26. The molecular weight excluding hydrogens is 444 g/mol. The largest absolute Gasteiger partial charge is 0.546 e. The van der Waals surface area contributed by atoms with Crippen molar-refractivity contribution in [3.05, 3.63) is 53.6 Å². The van der Waals surface area contributed by atoms with Crippen LogP contribution in [0.2, 0.25) is 0 Å². The summed E-state index contributed by atoms with van der Waals surface area (Å²) in [6, 6.07) is 9.89. The first kappa shape index (κ1) is 24.3. The molecule has 2 aromatic carbocycles. The number of carboxylic acid groups (broad SMARTS) is 1. The van der Waals surface area contributed by atoms with Crippen LogP contribution in [0, 0.1) is 0 Å². The first-order chi connectivity index (χ1) is 16.2. The van der Waals surface area contributed by atoms with Crippen LogP contribution in [0.3, 0.4) is 0 Å². The van der Waals surface area contributed by atoms with Gasteiger partial charge in [-0.1, -0.05) is 6.07 Å². The van der Waals surface area contributed by atoms with E-state index in [9.17, 15) is 24.3 Å². The maximum atomic E-state index is 13.1. The molecule has 1 saturated heterocycles. The molecule has 3 rings (SSSR count). The van der Waals surface area contributed by atoms with E-state index in [4.69, 9.17) is 14.2 Å². The van der Waals surface area contributed by atoms with Crippen molar-refractivity contribution in [2.75, 3.05) is 18.1 Å². The van der Waals surface area contributed by atoms with Crippen LogP contribution < -0.4 is 29.5 Å². The molecule has 178 valence electrons. The number of nitrogens with one attached hydrogen (secondary N) is 1. The van der Waals surface area contributed by atoms with Crippen molar-refractivity contribution in [2.45, 2.75) is 26.9 Å². The van der Waals surface area contributed by atoms with Crippen molar-refractivity contribution in [1.29, 1.82) is 0 Å². The lowest BCUT2D eigenvalue weighted by Crippen LogP contribution is -2.54. The Morgan fingerprint density at radius 3 is 2.32 bits per heavy atom. The first-order valence-corrected chi connectivity index (χ1v) is 10.5. The number of carboxylic acids is 1. The average molecular weight is 467 g/mol. The van der Waals surface area contributed by atoms with Crippen LogP contribution in [0.5, 0.6) is 17.2 Å². The van der Waals surface area contributed by atoms with Crippen molar-refractivity contribution in [1.82, 2.24) is 5.32 Å². The van der Waals surface area contributed by atoms with Gasteiger partial charge in [-0.25, -0.2) is 9.69 Å². The molecule has 1 heterocycles. The predicted octanol–water partition coefficient (Wildman–Crippen LogP) is 1.67. The number of hydrogen-bond acceptors (Lipinski definition) is 8. The second-order valence-electron chi connectivity index (χ2n) is 7.10. The van der Waals surface area contributed by atoms with Gasteiger partial charge in [-0.3, -0.25) is 14.9 Å². The quantitative estimate of drug-likeness (QED) is 0.435. The van der Waals surface area contributed by atoms with Crippen LogP contribution in [0.15, 0.2) is 48.0 Å². The standard InChI is InChI=1S/C24H24N2O8/c1-4-32-17-9-7-16(8-10-17)26-22(28)18(21(27)25-24(26)31)12-15-6-11-19(20(13-15)33-5-2)34-14(3)23(29)30/h6-14H,4-5H2,1-3H3,(H,29,30)(H,25,27,31)/p-1/b18-12-/t14-/m1/s1. The molecule has 1 atom stereocenters. The van der Waals surface area contributed by atoms with E-state index in [1.807, 2.05) is 6.92 Å². The van der Waals surface area contributed by atoms with E-state index in [0.717, 1.165) is 4.90 Å². The third-order valence-electron chi connectivity index (χ3n) is 4.72. The Hall–Kier alpha value is -4.34. The number of imide groups is 2. The van der Waals surface area contributed by atoms with Crippen LogP contribution in [-0.4, -0.2) is 43.1 Å². The Bertz CT molecular complexity index is 1140. The van der Waals surface area contributed by atoms with Crippen molar-refractivity contribution in [3.63, 3.8) is 0 Å². The summed E-state index contributed by atoms with van der Waals surface area (Å²) >= 11 is 0. The van der Waals surface area contributed by atoms with Gasteiger partial charge in [0.05, 0.1) is 24.9 Å². The smallest absolute Gasteiger partial charge is 0.335 e. The maximum absolute atomic E-state index is 13.1. The molecule has 34 heavy (non-hydrogen) atoms. The molecule has 2 aromatic rings. The molecule has 0 saturated carbocycles. The molecule has 0 spiro atoms. The molecule has 0 bridgehead atoms. The summed E-state index contributed by atoms with van der Waals surface area (Å²) in [5.41, 5.74) is 0.392. The minimum absolute atomic E-state index is 0.159. The van der Waals surface area contributed by atoms with Crippen molar-refractivity contribution >= 4 is 35.6 Å². The minimum Gasteiger partial charge on any atom is -0.546 e. The minimum atomic E-state index is -1.39. The Kier molecular flexibility index (Phi) is 7.52. The van der Waals surface area contributed by atoms with E-state index in [-0.39, 0.29) is 29.4 Å². The number of carbonyl (C=O) groups excluding carboxylic acids is 4. The lowest BCUT2D eigenvalue weighted by molar-refractivity contribution is -0.312. The Balaban J connectivity index is 1.93. The third-order valence-corrected chi connectivity index (χ3v) is 4.72. The van der Waals surface area contributed by atoms with Gasteiger partial charge in [-0.05, 0) is 68.8 Å². The number of barbiturate groups is 1. The zero-order valence-corrected chi connectivity index (χ0v) is 18.8. The van der Waals surface area contributed by atoms with Crippen molar-refractivity contribution in [3.8, 4) is 17.2 Å². The zero-order chi connectivity index (χ0) is 24.8. The van der Waals surface area contributed by atoms with Crippen LogP contribution in [0.1, 0.15) is 26.3 Å². The van der Waals surface area contributed by atoms with E-state index in [0.29, 0.717) is 17.9 Å². The van der Waals surface area contributed by atoms with E-state index in [1.165, 1.54) is 43.3 Å². The number of aliphatic carboxylic acids is 1. The molecule has 0 unspecified atom stereocenters. The molecule has 0 aromatic heterocycles. The summed E-state index contributed by atoms with van der Waals surface area (Å²) in [6.45, 7) is 5.60. The highest BCUT2D eigenvalue weighted by atomic mass is 16.5. The number of carbonyl (C=O) groups is 4. The van der Waals surface area contributed by atoms with Gasteiger partial charge in [-0.2, -0.15) is 0 Å². The number of anilines is 1. The molecule has 1 fully saturated rings. The van der Waals surface area contributed by atoms with Crippen molar-refractivity contribution < 1.29 is 38.5 Å². The molecule has 10 heteroatoms. The van der Waals surface area contributed by atoms with Gasteiger partial charge in [0, 0.05) is 0 Å². The van der Waals surface area contributed by atoms with Crippen LogP contribution in [0.25, 0.3) is 6.08 Å². The highest BCUT2D eigenvalue weighted by Gasteiger charge is 2.36. The number of nitrogens with zero attached hydrogens (tertiary/aromatic N) is 1. The number of benzene rings is 2. The fraction of sp³-hybridized carbons (Fsp3) is 0.250. The second-order valence-corrected chi connectivity index (χ2v) is 7.10. The normalized spacial score (nSPS) is 15.7. The average Bonchev–Trinajstić information content (AvgIpc) is 2.79. The maximum Gasteiger partial charge on any atom is 0.335 e.